The molecule has 76 valence electrons. The van der Waals surface area contributed by atoms with Gasteiger partial charge in [0.15, 0.2) is 0 Å². The lowest BCUT2D eigenvalue weighted by Gasteiger charge is -2.49. The van der Waals surface area contributed by atoms with Gasteiger partial charge in [0.05, 0.1) is 0 Å². The predicted molar refractivity (Wildman–Crippen MR) is 55.8 cm³/mol. The fourth-order valence-electron chi connectivity index (χ4n) is 2.73. The van der Waals surface area contributed by atoms with Gasteiger partial charge in [-0.15, -0.1) is 0 Å². The second-order valence-electron chi connectivity index (χ2n) is 4.95. The highest BCUT2D eigenvalue weighted by Gasteiger charge is 2.36. The van der Waals surface area contributed by atoms with Crippen molar-refractivity contribution in [1.82, 2.24) is 10.2 Å². The van der Waals surface area contributed by atoms with Gasteiger partial charge in [0, 0.05) is 31.2 Å². The number of hydrogen-bond donors (Lipinski definition) is 1. The second kappa shape index (κ2) is 3.58. The number of rotatable bonds is 1. The standard InChI is InChI=1S/C11H22N2/c1-8-6-11(7-8)13-5-4-12-9(2)10(13)3/h8-12H,4-7H2,1-3H3. The van der Waals surface area contributed by atoms with E-state index in [-0.39, 0.29) is 0 Å². The van der Waals surface area contributed by atoms with Gasteiger partial charge < -0.3 is 5.32 Å². The van der Waals surface area contributed by atoms with Gasteiger partial charge in [0.1, 0.15) is 0 Å². The van der Waals surface area contributed by atoms with Gasteiger partial charge in [-0.25, -0.2) is 0 Å². The van der Waals surface area contributed by atoms with Crippen LogP contribution < -0.4 is 5.32 Å². The highest BCUT2D eigenvalue weighted by atomic mass is 15.3. The average molecular weight is 182 g/mol. The highest BCUT2D eigenvalue weighted by Crippen LogP contribution is 2.33. The molecule has 2 atom stereocenters. The summed E-state index contributed by atoms with van der Waals surface area (Å²) < 4.78 is 0. The lowest BCUT2D eigenvalue weighted by Crippen LogP contribution is -2.60. The molecule has 0 aromatic rings. The number of piperazine rings is 1. The SMILES string of the molecule is CC1CC(N2CCNC(C)C2C)C1. The summed E-state index contributed by atoms with van der Waals surface area (Å²) in [6.45, 7) is 9.46. The Labute approximate surface area is 81.7 Å². The second-order valence-corrected chi connectivity index (χ2v) is 4.95. The van der Waals surface area contributed by atoms with Crippen LogP contribution in [-0.4, -0.2) is 36.1 Å². The van der Waals surface area contributed by atoms with E-state index in [9.17, 15) is 0 Å². The van der Waals surface area contributed by atoms with E-state index in [2.05, 4.69) is 31.0 Å². The van der Waals surface area contributed by atoms with Crippen molar-refractivity contribution in [3.63, 3.8) is 0 Å². The van der Waals surface area contributed by atoms with Gasteiger partial charge in [-0.1, -0.05) is 6.92 Å². The van der Waals surface area contributed by atoms with Crippen LogP contribution in [-0.2, 0) is 0 Å². The first-order valence-corrected chi connectivity index (χ1v) is 5.67. The lowest BCUT2D eigenvalue weighted by atomic mass is 9.79. The molecule has 1 heterocycles. The fourth-order valence-corrected chi connectivity index (χ4v) is 2.73. The molecular weight excluding hydrogens is 160 g/mol. The molecule has 0 bridgehead atoms. The van der Waals surface area contributed by atoms with Crippen molar-refractivity contribution >= 4 is 0 Å². The molecule has 2 aliphatic rings. The van der Waals surface area contributed by atoms with Crippen LogP contribution >= 0.6 is 0 Å². The van der Waals surface area contributed by atoms with E-state index in [1.807, 2.05) is 0 Å². The Morgan fingerprint density at radius 2 is 1.85 bits per heavy atom. The van der Waals surface area contributed by atoms with Crippen LogP contribution in [0.2, 0.25) is 0 Å². The van der Waals surface area contributed by atoms with E-state index in [1.165, 1.54) is 25.9 Å². The molecule has 2 nitrogen and oxygen atoms in total. The number of nitrogens with zero attached hydrogens (tertiary/aromatic N) is 1. The Morgan fingerprint density at radius 3 is 2.46 bits per heavy atom. The first-order valence-electron chi connectivity index (χ1n) is 5.67. The Balaban J connectivity index is 1.90. The van der Waals surface area contributed by atoms with E-state index in [0.29, 0.717) is 6.04 Å². The smallest absolute Gasteiger partial charge is 0.0221 e. The van der Waals surface area contributed by atoms with E-state index in [1.54, 1.807) is 0 Å². The summed E-state index contributed by atoms with van der Waals surface area (Å²) in [7, 11) is 0. The molecule has 0 aromatic carbocycles. The van der Waals surface area contributed by atoms with Crippen molar-refractivity contribution in [2.45, 2.75) is 51.7 Å². The molecule has 2 unspecified atom stereocenters. The van der Waals surface area contributed by atoms with Crippen molar-refractivity contribution in [1.29, 1.82) is 0 Å². The monoisotopic (exact) mass is 182 g/mol. The molecule has 0 aromatic heterocycles. The summed E-state index contributed by atoms with van der Waals surface area (Å²) >= 11 is 0. The van der Waals surface area contributed by atoms with E-state index >= 15 is 0 Å². The maximum atomic E-state index is 3.53. The molecule has 1 aliphatic heterocycles. The Kier molecular flexibility index (Phi) is 2.61. The van der Waals surface area contributed by atoms with Crippen LogP contribution in [0.25, 0.3) is 0 Å². The van der Waals surface area contributed by atoms with Crippen molar-refractivity contribution < 1.29 is 0 Å². The van der Waals surface area contributed by atoms with Crippen LogP contribution in [0.3, 0.4) is 0 Å². The molecule has 1 aliphatic carbocycles. The molecule has 2 heteroatoms. The summed E-state index contributed by atoms with van der Waals surface area (Å²) in [4.78, 5) is 2.71. The number of hydrogen-bond acceptors (Lipinski definition) is 2. The third-order valence-electron chi connectivity index (χ3n) is 3.90. The van der Waals surface area contributed by atoms with E-state index < -0.39 is 0 Å². The Hall–Kier alpha value is -0.0800. The number of nitrogens with one attached hydrogen (secondary N) is 1. The van der Waals surface area contributed by atoms with Crippen molar-refractivity contribution in [2.75, 3.05) is 13.1 Å². The molecule has 1 saturated carbocycles. The van der Waals surface area contributed by atoms with Gasteiger partial charge in [0.2, 0.25) is 0 Å². The van der Waals surface area contributed by atoms with E-state index in [0.717, 1.165) is 18.0 Å². The molecule has 2 rings (SSSR count). The molecule has 2 fully saturated rings. The molecule has 1 saturated heterocycles. The van der Waals surface area contributed by atoms with Gasteiger partial charge in [-0.05, 0) is 32.6 Å². The van der Waals surface area contributed by atoms with E-state index in [4.69, 9.17) is 0 Å². The minimum absolute atomic E-state index is 0.671. The maximum Gasteiger partial charge on any atom is 0.0221 e. The van der Waals surface area contributed by atoms with Gasteiger partial charge in [0.25, 0.3) is 0 Å². The topological polar surface area (TPSA) is 15.3 Å². The zero-order chi connectivity index (χ0) is 9.42. The molecule has 0 spiro atoms. The average Bonchev–Trinajstić information content (AvgIpc) is 2.05. The molecule has 1 N–H and O–H groups in total. The first-order chi connectivity index (χ1) is 6.18. The predicted octanol–water partition coefficient (Wildman–Crippen LogP) is 1.47. The van der Waals surface area contributed by atoms with Crippen LogP contribution in [0.4, 0.5) is 0 Å². The summed E-state index contributed by atoms with van der Waals surface area (Å²) in [5, 5.41) is 3.53. The minimum atomic E-state index is 0.671. The molecular formula is C11H22N2. The lowest BCUT2D eigenvalue weighted by molar-refractivity contribution is 0.0236. The highest BCUT2D eigenvalue weighted by molar-refractivity contribution is 4.92. The third-order valence-corrected chi connectivity index (χ3v) is 3.90. The van der Waals surface area contributed by atoms with Gasteiger partial charge in [-0.2, -0.15) is 0 Å². The van der Waals surface area contributed by atoms with Crippen LogP contribution in [0.5, 0.6) is 0 Å². The van der Waals surface area contributed by atoms with Crippen molar-refractivity contribution in [2.24, 2.45) is 5.92 Å². The zero-order valence-electron chi connectivity index (χ0n) is 9.09. The Bertz CT molecular complexity index is 175. The third kappa shape index (κ3) is 1.75. The molecule has 13 heavy (non-hydrogen) atoms. The summed E-state index contributed by atoms with van der Waals surface area (Å²) in [5.74, 6) is 0.974. The summed E-state index contributed by atoms with van der Waals surface area (Å²) in [5.41, 5.74) is 0. The summed E-state index contributed by atoms with van der Waals surface area (Å²) in [6.07, 6.45) is 2.86. The van der Waals surface area contributed by atoms with Crippen LogP contribution in [0.15, 0.2) is 0 Å². The van der Waals surface area contributed by atoms with Crippen LogP contribution in [0, 0.1) is 5.92 Å². The molecule has 0 radical (unpaired) electrons. The minimum Gasteiger partial charge on any atom is -0.311 e. The normalized spacial score (nSPS) is 47.3. The van der Waals surface area contributed by atoms with Gasteiger partial charge in [-0.3, -0.25) is 4.90 Å². The zero-order valence-corrected chi connectivity index (χ0v) is 9.09. The first kappa shape index (κ1) is 9.47. The van der Waals surface area contributed by atoms with Gasteiger partial charge >= 0.3 is 0 Å². The maximum absolute atomic E-state index is 3.53. The largest absolute Gasteiger partial charge is 0.311 e. The fraction of sp³-hybridized carbons (Fsp3) is 1.00. The van der Waals surface area contributed by atoms with Crippen LogP contribution in [0.1, 0.15) is 33.6 Å². The van der Waals surface area contributed by atoms with Crippen molar-refractivity contribution in [3.05, 3.63) is 0 Å². The molecule has 0 amide bonds. The quantitative estimate of drug-likeness (QED) is 0.660. The Morgan fingerprint density at radius 1 is 1.15 bits per heavy atom. The summed E-state index contributed by atoms with van der Waals surface area (Å²) in [6, 6.07) is 2.30. The van der Waals surface area contributed by atoms with Crippen molar-refractivity contribution in [3.8, 4) is 0 Å².